The standard InChI is InChI=1S/C21H18F3N3O3/c22-21(23,24)19-12-14(8-10-25-19)27-16-4-2-1-3-15(16)20(30)26-9-7-13-5-6-17(28)18(29)11-13/h1-6,8,10-12,28-29H,7,9H2,(H,25,27)(H,26,30). The van der Waals surface area contributed by atoms with Gasteiger partial charge >= 0.3 is 6.18 Å². The average molecular weight is 417 g/mol. The first kappa shape index (κ1) is 21.0. The second kappa shape index (κ2) is 8.73. The summed E-state index contributed by atoms with van der Waals surface area (Å²) >= 11 is 0. The van der Waals surface area contributed by atoms with E-state index in [1.807, 2.05) is 0 Å². The molecular weight excluding hydrogens is 399 g/mol. The summed E-state index contributed by atoms with van der Waals surface area (Å²) < 4.78 is 38.6. The third-order valence-corrected chi connectivity index (χ3v) is 4.24. The molecule has 0 aliphatic carbocycles. The van der Waals surface area contributed by atoms with Crippen molar-refractivity contribution in [3.05, 3.63) is 77.6 Å². The molecule has 156 valence electrons. The van der Waals surface area contributed by atoms with Crippen molar-refractivity contribution >= 4 is 17.3 Å². The SMILES string of the molecule is O=C(NCCc1ccc(O)c(O)c1)c1ccccc1Nc1ccnc(C(F)(F)F)c1. The molecule has 0 unspecified atom stereocenters. The Balaban J connectivity index is 1.68. The van der Waals surface area contributed by atoms with E-state index in [1.165, 1.54) is 18.2 Å². The van der Waals surface area contributed by atoms with Crippen LogP contribution in [0.25, 0.3) is 0 Å². The molecule has 0 fully saturated rings. The van der Waals surface area contributed by atoms with Crippen LogP contribution >= 0.6 is 0 Å². The van der Waals surface area contributed by atoms with Crippen molar-refractivity contribution in [1.29, 1.82) is 0 Å². The maximum Gasteiger partial charge on any atom is 0.433 e. The summed E-state index contributed by atoms with van der Waals surface area (Å²) in [4.78, 5) is 15.9. The molecule has 3 aromatic rings. The van der Waals surface area contributed by atoms with E-state index in [0.29, 0.717) is 17.7 Å². The Kier molecular flexibility index (Phi) is 6.10. The van der Waals surface area contributed by atoms with Gasteiger partial charge in [0.05, 0.1) is 11.3 Å². The number of benzene rings is 2. The molecule has 1 heterocycles. The van der Waals surface area contributed by atoms with Gasteiger partial charge in [0.15, 0.2) is 11.5 Å². The van der Waals surface area contributed by atoms with Crippen LogP contribution in [0.5, 0.6) is 11.5 Å². The number of phenols is 2. The molecule has 2 aromatic carbocycles. The van der Waals surface area contributed by atoms with Crippen LogP contribution in [-0.2, 0) is 12.6 Å². The van der Waals surface area contributed by atoms with E-state index in [9.17, 15) is 28.2 Å². The second-order valence-corrected chi connectivity index (χ2v) is 6.43. The topological polar surface area (TPSA) is 94.5 Å². The van der Waals surface area contributed by atoms with Crippen molar-refractivity contribution in [1.82, 2.24) is 10.3 Å². The highest BCUT2D eigenvalue weighted by Crippen LogP contribution is 2.30. The van der Waals surface area contributed by atoms with Crippen molar-refractivity contribution < 1.29 is 28.2 Å². The van der Waals surface area contributed by atoms with Gasteiger partial charge in [-0.1, -0.05) is 18.2 Å². The third kappa shape index (κ3) is 5.19. The number of para-hydroxylation sites is 1. The Morgan fingerprint density at radius 3 is 2.50 bits per heavy atom. The van der Waals surface area contributed by atoms with Gasteiger partial charge in [-0.05, 0) is 48.4 Å². The van der Waals surface area contributed by atoms with E-state index in [-0.39, 0.29) is 29.3 Å². The summed E-state index contributed by atoms with van der Waals surface area (Å²) in [6.45, 7) is 0.255. The van der Waals surface area contributed by atoms with E-state index < -0.39 is 17.8 Å². The van der Waals surface area contributed by atoms with Gasteiger partial charge in [0.25, 0.3) is 5.91 Å². The lowest BCUT2D eigenvalue weighted by atomic mass is 10.1. The Bertz CT molecular complexity index is 1050. The lowest BCUT2D eigenvalue weighted by molar-refractivity contribution is -0.141. The number of halogens is 3. The minimum absolute atomic E-state index is 0.150. The number of carbonyl (C=O) groups is 1. The Morgan fingerprint density at radius 1 is 1.00 bits per heavy atom. The van der Waals surface area contributed by atoms with Gasteiger partial charge < -0.3 is 20.8 Å². The fourth-order valence-electron chi connectivity index (χ4n) is 2.75. The summed E-state index contributed by atoms with van der Waals surface area (Å²) in [5, 5.41) is 24.4. The largest absolute Gasteiger partial charge is 0.504 e. The summed E-state index contributed by atoms with van der Waals surface area (Å²) in [7, 11) is 0. The molecule has 6 nitrogen and oxygen atoms in total. The average Bonchev–Trinajstić information content (AvgIpc) is 2.70. The monoisotopic (exact) mass is 417 g/mol. The molecular formula is C21H18F3N3O3. The van der Waals surface area contributed by atoms with Crippen LogP contribution in [0.2, 0.25) is 0 Å². The number of nitrogens with one attached hydrogen (secondary N) is 2. The zero-order chi connectivity index (χ0) is 21.7. The number of aromatic nitrogens is 1. The molecule has 0 aliphatic heterocycles. The molecule has 1 aromatic heterocycles. The van der Waals surface area contributed by atoms with Crippen molar-refractivity contribution in [3.8, 4) is 11.5 Å². The van der Waals surface area contributed by atoms with Crippen LogP contribution in [0.1, 0.15) is 21.6 Å². The maximum absolute atomic E-state index is 12.9. The smallest absolute Gasteiger partial charge is 0.433 e. The van der Waals surface area contributed by atoms with E-state index in [2.05, 4.69) is 15.6 Å². The number of carbonyl (C=O) groups excluding carboxylic acids is 1. The summed E-state index contributed by atoms with van der Waals surface area (Å²) in [5.41, 5.74) is 0.435. The van der Waals surface area contributed by atoms with E-state index in [4.69, 9.17) is 0 Å². The molecule has 0 saturated heterocycles. The lowest BCUT2D eigenvalue weighted by Gasteiger charge is -2.13. The molecule has 0 aliphatic rings. The minimum atomic E-state index is -4.57. The number of anilines is 2. The number of amides is 1. The zero-order valence-corrected chi connectivity index (χ0v) is 15.6. The predicted octanol–water partition coefficient (Wildman–Crippen LogP) is 4.23. The summed E-state index contributed by atoms with van der Waals surface area (Å²) in [6, 6.07) is 13.1. The first-order valence-corrected chi connectivity index (χ1v) is 8.92. The van der Waals surface area contributed by atoms with Crippen LogP contribution in [0.15, 0.2) is 60.8 Å². The Morgan fingerprint density at radius 2 is 1.77 bits per heavy atom. The van der Waals surface area contributed by atoms with Crippen molar-refractivity contribution in [2.24, 2.45) is 0 Å². The highest BCUT2D eigenvalue weighted by Gasteiger charge is 2.32. The molecule has 4 N–H and O–H groups in total. The molecule has 30 heavy (non-hydrogen) atoms. The number of nitrogens with zero attached hydrogens (tertiary/aromatic N) is 1. The molecule has 0 saturated carbocycles. The normalized spacial score (nSPS) is 11.2. The highest BCUT2D eigenvalue weighted by molar-refractivity contribution is 6.00. The first-order valence-electron chi connectivity index (χ1n) is 8.92. The van der Waals surface area contributed by atoms with Gasteiger partial charge in [-0.3, -0.25) is 9.78 Å². The third-order valence-electron chi connectivity index (χ3n) is 4.24. The minimum Gasteiger partial charge on any atom is -0.504 e. The van der Waals surface area contributed by atoms with Gasteiger partial charge in [0, 0.05) is 18.4 Å². The number of pyridine rings is 1. The van der Waals surface area contributed by atoms with Crippen molar-refractivity contribution in [2.75, 3.05) is 11.9 Å². The Hall–Kier alpha value is -3.75. The van der Waals surface area contributed by atoms with Crippen molar-refractivity contribution in [3.63, 3.8) is 0 Å². The lowest BCUT2D eigenvalue weighted by Crippen LogP contribution is -2.26. The highest BCUT2D eigenvalue weighted by atomic mass is 19.4. The van der Waals surface area contributed by atoms with Gasteiger partial charge in [0.1, 0.15) is 5.69 Å². The number of hydrogen-bond acceptors (Lipinski definition) is 5. The van der Waals surface area contributed by atoms with Crippen LogP contribution in [0.4, 0.5) is 24.5 Å². The van der Waals surface area contributed by atoms with Gasteiger partial charge in [-0.25, -0.2) is 0 Å². The van der Waals surface area contributed by atoms with E-state index in [0.717, 1.165) is 12.3 Å². The van der Waals surface area contributed by atoms with Crippen LogP contribution < -0.4 is 10.6 Å². The van der Waals surface area contributed by atoms with Crippen LogP contribution in [-0.4, -0.2) is 27.6 Å². The van der Waals surface area contributed by atoms with Gasteiger partial charge in [-0.2, -0.15) is 13.2 Å². The molecule has 3 rings (SSSR count). The number of hydrogen-bond donors (Lipinski definition) is 4. The van der Waals surface area contributed by atoms with Crippen LogP contribution in [0, 0.1) is 0 Å². The van der Waals surface area contributed by atoms with Crippen molar-refractivity contribution in [2.45, 2.75) is 12.6 Å². The molecule has 0 radical (unpaired) electrons. The summed E-state index contributed by atoms with van der Waals surface area (Å²) in [6.07, 6.45) is -3.12. The van der Waals surface area contributed by atoms with Gasteiger partial charge in [0.2, 0.25) is 0 Å². The Labute approximate surface area is 170 Å². The van der Waals surface area contributed by atoms with E-state index in [1.54, 1.807) is 30.3 Å². The zero-order valence-electron chi connectivity index (χ0n) is 15.6. The molecule has 0 atom stereocenters. The molecule has 1 amide bonds. The predicted molar refractivity (Wildman–Crippen MR) is 105 cm³/mol. The fraction of sp³-hybridized carbons (Fsp3) is 0.143. The molecule has 0 spiro atoms. The van der Waals surface area contributed by atoms with E-state index >= 15 is 0 Å². The molecule has 9 heteroatoms. The number of phenolic OH excluding ortho intramolecular Hbond substituents is 2. The maximum atomic E-state index is 12.9. The molecule has 0 bridgehead atoms. The number of alkyl halides is 3. The number of rotatable bonds is 6. The second-order valence-electron chi connectivity index (χ2n) is 6.43. The first-order chi connectivity index (χ1) is 14.2. The van der Waals surface area contributed by atoms with Crippen LogP contribution in [0.3, 0.4) is 0 Å². The summed E-state index contributed by atoms with van der Waals surface area (Å²) in [5.74, 6) is -0.886. The van der Waals surface area contributed by atoms with Gasteiger partial charge in [-0.15, -0.1) is 0 Å². The quantitative estimate of drug-likeness (QED) is 0.451. The number of aromatic hydroxyl groups is 2. The fourth-order valence-corrected chi connectivity index (χ4v) is 2.75.